The molecule has 0 aliphatic rings. The molecule has 6 heteroatoms. The van der Waals surface area contributed by atoms with Crippen LogP contribution in [-0.4, -0.2) is 37.2 Å². The van der Waals surface area contributed by atoms with Gasteiger partial charge in [0.05, 0.1) is 6.42 Å². The van der Waals surface area contributed by atoms with Gasteiger partial charge in [-0.1, -0.05) is 270 Å². The minimum Gasteiger partial charge on any atom is -0.462 e. The number of allylic oxidation sites excluding steroid dienone is 21. The largest absolute Gasteiger partial charge is 0.462 e. The van der Waals surface area contributed by atoms with E-state index in [0.717, 1.165) is 109 Å². The van der Waals surface area contributed by atoms with Crippen LogP contribution in [0.1, 0.15) is 252 Å². The van der Waals surface area contributed by atoms with E-state index in [1.807, 2.05) is 6.08 Å². The Labute approximate surface area is 449 Å². The lowest BCUT2D eigenvalue weighted by Crippen LogP contribution is -2.30. The summed E-state index contributed by atoms with van der Waals surface area (Å²) in [6.45, 7) is 6.32. The van der Waals surface area contributed by atoms with Gasteiger partial charge in [-0.3, -0.25) is 14.4 Å². The van der Waals surface area contributed by atoms with Gasteiger partial charge in [-0.15, -0.1) is 0 Å². The molecule has 0 aromatic carbocycles. The van der Waals surface area contributed by atoms with Crippen LogP contribution in [0.3, 0.4) is 0 Å². The summed E-state index contributed by atoms with van der Waals surface area (Å²) in [5, 5.41) is 0. The van der Waals surface area contributed by atoms with E-state index in [4.69, 9.17) is 14.2 Å². The highest BCUT2D eigenvalue weighted by atomic mass is 16.6. The van der Waals surface area contributed by atoms with Crippen LogP contribution in [-0.2, 0) is 28.6 Å². The van der Waals surface area contributed by atoms with Gasteiger partial charge in [0.25, 0.3) is 0 Å². The van der Waals surface area contributed by atoms with Gasteiger partial charge in [-0.2, -0.15) is 0 Å². The maximum absolute atomic E-state index is 12.8. The number of rotatable bonds is 52. The van der Waals surface area contributed by atoms with Crippen LogP contribution in [0, 0.1) is 0 Å². The predicted octanol–water partition coefficient (Wildman–Crippen LogP) is 20.2. The van der Waals surface area contributed by atoms with Crippen molar-refractivity contribution in [1.82, 2.24) is 0 Å². The third-order valence-corrected chi connectivity index (χ3v) is 12.2. The summed E-state index contributed by atoms with van der Waals surface area (Å²) in [7, 11) is 0. The van der Waals surface area contributed by atoms with E-state index in [1.165, 1.54) is 96.3 Å². The predicted molar refractivity (Wildman–Crippen MR) is 316 cm³/mol. The fraction of sp³-hybridized carbons (Fsp3) is 0.627. The highest BCUT2D eigenvalue weighted by Gasteiger charge is 2.19. The summed E-state index contributed by atoms with van der Waals surface area (Å²) in [5.41, 5.74) is 0. The molecule has 0 spiro atoms. The molecule has 0 aliphatic heterocycles. The van der Waals surface area contributed by atoms with Crippen molar-refractivity contribution in [3.8, 4) is 0 Å². The molecule has 0 aromatic rings. The number of hydrogen-bond donors (Lipinski definition) is 0. The first-order chi connectivity index (χ1) is 36.0. The van der Waals surface area contributed by atoms with Gasteiger partial charge < -0.3 is 14.2 Å². The summed E-state index contributed by atoms with van der Waals surface area (Å²) >= 11 is 0. The van der Waals surface area contributed by atoms with Crippen LogP contribution >= 0.6 is 0 Å². The van der Waals surface area contributed by atoms with Gasteiger partial charge in [-0.25, -0.2) is 0 Å². The average Bonchev–Trinajstić information content (AvgIpc) is 3.39. The Bertz CT molecular complexity index is 1580. The summed E-state index contributed by atoms with van der Waals surface area (Å²) in [4.78, 5) is 38.1. The monoisotopic (exact) mass is 1010 g/mol. The third-order valence-electron chi connectivity index (χ3n) is 12.2. The summed E-state index contributed by atoms with van der Waals surface area (Å²) in [6.07, 6.45) is 84.7. The van der Waals surface area contributed by atoms with Crippen LogP contribution in [0.4, 0.5) is 0 Å². The summed E-state index contributed by atoms with van der Waals surface area (Å²) in [5.74, 6) is -1.06. The second-order valence-electron chi connectivity index (χ2n) is 19.2. The molecule has 0 aliphatic carbocycles. The van der Waals surface area contributed by atoms with Crippen molar-refractivity contribution in [3.63, 3.8) is 0 Å². The van der Waals surface area contributed by atoms with Gasteiger partial charge in [0, 0.05) is 12.8 Å². The van der Waals surface area contributed by atoms with Crippen molar-refractivity contribution in [2.45, 2.75) is 258 Å². The highest BCUT2D eigenvalue weighted by molar-refractivity contribution is 5.72. The zero-order valence-corrected chi connectivity index (χ0v) is 47.1. The van der Waals surface area contributed by atoms with Gasteiger partial charge in [-0.05, 0) is 96.3 Å². The molecule has 0 fully saturated rings. The van der Waals surface area contributed by atoms with Crippen LogP contribution in [0.15, 0.2) is 134 Å². The van der Waals surface area contributed by atoms with Crippen LogP contribution in [0.5, 0.6) is 0 Å². The number of carbonyl (C=O) groups is 3. The third kappa shape index (κ3) is 58.3. The Hall–Kier alpha value is -4.45. The Morgan fingerprint density at radius 2 is 0.575 bits per heavy atom. The van der Waals surface area contributed by atoms with Crippen LogP contribution in [0.2, 0.25) is 0 Å². The molecule has 0 N–H and O–H groups in total. The normalized spacial score (nSPS) is 13.1. The van der Waals surface area contributed by atoms with Gasteiger partial charge >= 0.3 is 17.9 Å². The lowest BCUT2D eigenvalue weighted by molar-refractivity contribution is -0.166. The molecule has 6 nitrogen and oxygen atoms in total. The molecule has 0 radical (unpaired) electrons. The first kappa shape index (κ1) is 68.6. The second-order valence-corrected chi connectivity index (χ2v) is 19.2. The molecule has 0 saturated heterocycles. The van der Waals surface area contributed by atoms with Gasteiger partial charge in [0.1, 0.15) is 13.2 Å². The van der Waals surface area contributed by atoms with Gasteiger partial charge in [0.15, 0.2) is 6.10 Å². The summed E-state index contributed by atoms with van der Waals surface area (Å²) < 4.78 is 16.7. The first-order valence-corrected chi connectivity index (χ1v) is 29.7. The molecule has 0 rings (SSSR count). The Kier molecular flexibility index (Phi) is 56.4. The smallest absolute Gasteiger partial charge is 0.310 e. The maximum atomic E-state index is 12.8. The number of esters is 3. The molecule has 0 amide bonds. The number of hydrogen-bond acceptors (Lipinski definition) is 6. The standard InChI is InChI=1S/C67H108O6/c1-4-7-10-13-16-19-22-25-27-28-29-30-31-32-33-34-35-36-37-38-40-42-45-48-51-54-57-60-66(69)72-63-64(62-71-65(68)59-56-53-50-47-44-41-24-21-18-15-12-9-6-3)73-67(70)61-58-55-52-49-46-43-39-26-23-20-17-14-11-8-5-2/h7-8,10-11,16-17,19-20,25-27,29-30,32-33,35-36,39,46,49,55,58,64H,4-6,9,12-15,18,21-24,28,31,34,37-38,40-45,47-48,50-54,56-57,59-63H2,1-3H3/b10-7-,11-8-,19-16-,20-17-,27-25-,30-29-,33-32-,36-35-,39-26-,49-46-,58-55-. The Balaban J connectivity index is 4.41. The molecule has 0 aromatic heterocycles. The molecule has 0 saturated carbocycles. The number of ether oxygens (including phenoxy) is 3. The molecular weight excluding hydrogens is 901 g/mol. The molecule has 1 unspecified atom stereocenters. The lowest BCUT2D eigenvalue weighted by atomic mass is 10.0. The van der Waals surface area contributed by atoms with Crippen LogP contribution < -0.4 is 0 Å². The van der Waals surface area contributed by atoms with E-state index in [2.05, 4.69) is 142 Å². The fourth-order valence-corrected chi connectivity index (χ4v) is 7.82. The average molecular weight is 1010 g/mol. The fourth-order valence-electron chi connectivity index (χ4n) is 7.82. The molecule has 73 heavy (non-hydrogen) atoms. The summed E-state index contributed by atoms with van der Waals surface area (Å²) in [6, 6.07) is 0. The molecular formula is C67H108O6. The van der Waals surface area contributed by atoms with Crippen LogP contribution in [0.25, 0.3) is 0 Å². The first-order valence-electron chi connectivity index (χ1n) is 29.7. The Morgan fingerprint density at radius 1 is 0.301 bits per heavy atom. The van der Waals surface area contributed by atoms with Crippen molar-refractivity contribution in [1.29, 1.82) is 0 Å². The van der Waals surface area contributed by atoms with Crippen molar-refractivity contribution in [3.05, 3.63) is 134 Å². The maximum Gasteiger partial charge on any atom is 0.310 e. The minimum absolute atomic E-state index is 0.0916. The van der Waals surface area contributed by atoms with Crippen molar-refractivity contribution >= 4 is 17.9 Å². The van der Waals surface area contributed by atoms with E-state index in [0.29, 0.717) is 19.3 Å². The highest BCUT2D eigenvalue weighted by Crippen LogP contribution is 2.15. The van der Waals surface area contributed by atoms with E-state index < -0.39 is 12.1 Å². The Morgan fingerprint density at radius 3 is 0.904 bits per heavy atom. The molecule has 0 bridgehead atoms. The van der Waals surface area contributed by atoms with E-state index >= 15 is 0 Å². The minimum atomic E-state index is -0.839. The number of unbranched alkanes of at least 4 members (excludes halogenated alkanes) is 20. The zero-order valence-electron chi connectivity index (χ0n) is 47.1. The van der Waals surface area contributed by atoms with Crippen molar-refractivity contribution in [2.75, 3.05) is 13.2 Å². The lowest BCUT2D eigenvalue weighted by Gasteiger charge is -2.18. The quantitative estimate of drug-likeness (QED) is 0.0261. The van der Waals surface area contributed by atoms with E-state index in [1.54, 1.807) is 6.08 Å². The molecule has 412 valence electrons. The van der Waals surface area contributed by atoms with E-state index in [9.17, 15) is 14.4 Å². The molecule has 1 atom stereocenters. The van der Waals surface area contributed by atoms with Crippen molar-refractivity contribution in [2.24, 2.45) is 0 Å². The van der Waals surface area contributed by atoms with Gasteiger partial charge in [0.2, 0.25) is 0 Å². The van der Waals surface area contributed by atoms with Crippen molar-refractivity contribution < 1.29 is 28.6 Å². The molecule has 0 heterocycles. The number of carbonyl (C=O) groups excluding carboxylic acids is 3. The SMILES string of the molecule is CC/C=C\C/C=C\C/C=C\C/C=C\C/C=C\C/C=C\CCCCCCCCCCC(=O)OCC(COC(=O)CCCCCCCCCCCCCCC)OC(=O)C/C=C\C/C=C\C/C=C\C/C=C\C/C=C\CC. The van der Waals surface area contributed by atoms with E-state index in [-0.39, 0.29) is 31.6 Å². The zero-order chi connectivity index (χ0) is 52.9. The second kappa shape index (κ2) is 60.1. The topological polar surface area (TPSA) is 78.9 Å².